The molecular weight excluding hydrogens is 343 g/mol. The summed E-state index contributed by atoms with van der Waals surface area (Å²) in [4.78, 5) is 38.9. The Morgan fingerprint density at radius 3 is 2.42 bits per heavy atom. The molecule has 1 atom stereocenters. The standard InChI is InChI=1S/C18H19FN2O5/c1-9-14(17(23)25-4)10(2)20-15(9)18(24)26-11(3)16(22)21-13-8-6-5-7-12(13)19/h5-8,11,20H,1-4H3,(H,21,22)/t11-/m0/s1. The number of nitrogens with one attached hydrogen (secondary N) is 2. The molecule has 0 bridgehead atoms. The zero-order valence-electron chi connectivity index (χ0n) is 14.8. The van der Waals surface area contributed by atoms with E-state index in [1.807, 2.05) is 0 Å². The number of carbonyl (C=O) groups excluding carboxylic acids is 3. The number of methoxy groups -OCH3 is 1. The highest BCUT2D eigenvalue weighted by Gasteiger charge is 2.26. The number of H-pyrrole nitrogens is 1. The normalized spacial score (nSPS) is 11.6. The van der Waals surface area contributed by atoms with Crippen LogP contribution in [0.5, 0.6) is 0 Å². The van der Waals surface area contributed by atoms with Crippen LogP contribution in [0.15, 0.2) is 24.3 Å². The zero-order valence-corrected chi connectivity index (χ0v) is 14.8. The van der Waals surface area contributed by atoms with Crippen molar-refractivity contribution in [3.8, 4) is 0 Å². The number of esters is 2. The molecule has 0 aliphatic carbocycles. The number of hydrogen-bond acceptors (Lipinski definition) is 5. The first-order valence-electron chi connectivity index (χ1n) is 7.80. The Balaban J connectivity index is 2.11. The Hall–Kier alpha value is -3.16. The van der Waals surface area contributed by atoms with Gasteiger partial charge < -0.3 is 19.8 Å². The number of para-hydroxylation sites is 1. The summed E-state index contributed by atoms with van der Waals surface area (Å²) in [7, 11) is 1.24. The summed E-state index contributed by atoms with van der Waals surface area (Å²) in [5.74, 6) is -2.67. The van der Waals surface area contributed by atoms with Gasteiger partial charge in [-0.05, 0) is 38.5 Å². The van der Waals surface area contributed by atoms with Gasteiger partial charge in [0.1, 0.15) is 11.5 Å². The predicted molar refractivity (Wildman–Crippen MR) is 91.5 cm³/mol. The van der Waals surface area contributed by atoms with Crippen LogP contribution in [0, 0.1) is 19.7 Å². The van der Waals surface area contributed by atoms with E-state index in [-0.39, 0.29) is 16.9 Å². The van der Waals surface area contributed by atoms with Gasteiger partial charge in [0.25, 0.3) is 5.91 Å². The second-order valence-electron chi connectivity index (χ2n) is 5.63. The van der Waals surface area contributed by atoms with Crippen LogP contribution in [0.1, 0.15) is 39.0 Å². The second kappa shape index (κ2) is 7.81. The topological polar surface area (TPSA) is 97.5 Å². The fourth-order valence-electron chi connectivity index (χ4n) is 2.43. The Kier molecular flexibility index (Phi) is 5.76. The van der Waals surface area contributed by atoms with Gasteiger partial charge in [0.15, 0.2) is 6.10 Å². The Bertz CT molecular complexity index is 859. The molecule has 0 aliphatic rings. The van der Waals surface area contributed by atoms with Crippen molar-refractivity contribution in [2.45, 2.75) is 26.9 Å². The van der Waals surface area contributed by atoms with Crippen LogP contribution in [0.25, 0.3) is 0 Å². The van der Waals surface area contributed by atoms with Crippen LogP contribution in [0.2, 0.25) is 0 Å². The highest BCUT2D eigenvalue weighted by Crippen LogP contribution is 2.20. The van der Waals surface area contributed by atoms with Gasteiger partial charge in [0.05, 0.1) is 18.4 Å². The maximum atomic E-state index is 13.6. The summed E-state index contributed by atoms with van der Waals surface area (Å²) in [5, 5.41) is 2.35. The van der Waals surface area contributed by atoms with Gasteiger partial charge in [0, 0.05) is 5.69 Å². The largest absolute Gasteiger partial charge is 0.465 e. The van der Waals surface area contributed by atoms with Crippen molar-refractivity contribution in [2.24, 2.45) is 0 Å². The lowest BCUT2D eigenvalue weighted by Crippen LogP contribution is -2.30. The summed E-state index contributed by atoms with van der Waals surface area (Å²) in [6, 6.07) is 5.65. The van der Waals surface area contributed by atoms with Crippen LogP contribution in [0.4, 0.5) is 10.1 Å². The minimum Gasteiger partial charge on any atom is -0.465 e. The fourth-order valence-corrected chi connectivity index (χ4v) is 2.43. The van der Waals surface area contributed by atoms with Crippen molar-refractivity contribution < 1.29 is 28.2 Å². The van der Waals surface area contributed by atoms with Crippen LogP contribution < -0.4 is 5.32 Å². The molecule has 1 amide bonds. The smallest absolute Gasteiger partial charge is 0.355 e. The molecular formula is C18H19FN2O5. The number of aryl methyl sites for hydroxylation is 1. The molecule has 8 heteroatoms. The quantitative estimate of drug-likeness (QED) is 0.797. The number of hydrogen-bond donors (Lipinski definition) is 2. The lowest BCUT2D eigenvalue weighted by molar-refractivity contribution is -0.123. The fraction of sp³-hybridized carbons (Fsp3) is 0.278. The molecule has 138 valence electrons. The summed E-state index contributed by atoms with van der Waals surface area (Å²) in [6.45, 7) is 4.54. The number of carbonyl (C=O) groups is 3. The first kappa shape index (κ1) is 19.2. The van der Waals surface area contributed by atoms with Gasteiger partial charge in [-0.25, -0.2) is 14.0 Å². The molecule has 0 saturated heterocycles. The summed E-state index contributed by atoms with van der Waals surface area (Å²) < 4.78 is 23.4. The average molecular weight is 362 g/mol. The van der Waals surface area contributed by atoms with E-state index in [0.29, 0.717) is 11.3 Å². The average Bonchev–Trinajstić information content (AvgIpc) is 2.90. The molecule has 2 N–H and O–H groups in total. The highest BCUT2D eigenvalue weighted by molar-refractivity contribution is 6.00. The van der Waals surface area contributed by atoms with Crippen molar-refractivity contribution >= 4 is 23.5 Å². The van der Waals surface area contributed by atoms with Gasteiger partial charge in [-0.3, -0.25) is 4.79 Å². The van der Waals surface area contributed by atoms with E-state index < -0.39 is 29.8 Å². The molecule has 26 heavy (non-hydrogen) atoms. The summed E-state index contributed by atoms with van der Waals surface area (Å²) >= 11 is 0. The number of rotatable bonds is 5. The monoisotopic (exact) mass is 362 g/mol. The molecule has 2 aromatic rings. The predicted octanol–water partition coefficient (Wildman–Crippen LogP) is 2.74. The van der Waals surface area contributed by atoms with E-state index in [2.05, 4.69) is 15.0 Å². The van der Waals surface area contributed by atoms with Gasteiger partial charge >= 0.3 is 11.9 Å². The Morgan fingerprint density at radius 1 is 1.15 bits per heavy atom. The SMILES string of the molecule is COC(=O)c1c(C)[nH]c(C(=O)O[C@@H](C)C(=O)Nc2ccccc2F)c1C. The van der Waals surface area contributed by atoms with Gasteiger partial charge in [0.2, 0.25) is 0 Å². The first-order valence-corrected chi connectivity index (χ1v) is 7.80. The van der Waals surface area contributed by atoms with Crippen molar-refractivity contribution in [2.75, 3.05) is 12.4 Å². The van der Waals surface area contributed by atoms with Gasteiger partial charge in [-0.2, -0.15) is 0 Å². The van der Waals surface area contributed by atoms with Crippen molar-refractivity contribution in [3.63, 3.8) is 0 Å². The van der Waals surface area contributed by atoms with Crippen LogP contribution >= 0.6 is 0 Å². The van der Waals surface area contributed by atoms with Gasteiger partial charge in [-0.15, -0.1) is 0 Å². The minimum absolute atomic E-state index is 0.0136. The molecule has 0 unspecified atom stereocenters. The molecule has 1 aromatic carbocycles. The van der Waals surface area contributed by atoms with Crippen LogP contribution in [0.3, 0.4) is 0 Å². The van der Waals surface area contributed by atoms with E-state index in [9.17, 15) is 18.8 Å². The molecule has 1 aromatic heterocycles. The molecule has 7 nitrogen and oxygen atoms in total. The number of amides is 1. The first-order chi connectivity index (χ1) is 12.3. The molecule has 0 saturated carbocycles. The third-order valence-corrected chi connectivity index (χ3v) is 3.82. The number of benzene rings is 1. The molecule has 2 rings (SSSR count). The summed E-state index contributed by atoms with van der Waals surface area (Å²) in [5.41, 5.74) is 1.09. The Morgan fingerprint density at radius 2 is 1.81 bits per heavy atom. The Labute approximate surface area is 149 Å². The van der Waals surface area contributed by atoms with E-state index >= 15 is 0 Å². The van der Waals surface area contributed by atoms with E-state index in [4.69, 9.17) is 4.74 Å². The number of aromatic amines is 1. The van der Waals surface area contributed by atoms with E-state index in [1.165, 1.54) is 32.2 Å². The van der Waals surface area contributed by atoms with Crippen LogP contribution in [-0.2, 0) is 14.3 Å². The number of anilines is 1. The maximum Gasteiger partial charge on any atom is 0.355 e. The highest BCUT2D eigenvalue weighted by atomic mass is 19.1. The molecule has 0 aliphatic heterocycles. The molecule has 1 heterocycles. The number of halogens is 1. The maximum absolute atomic E-state index is 13.6. The second-order valence-corrected chi connectivity index (χ2v) is 5.63. The van der Waals surface area contributed by atoms with Crippen molar-refractivity contribution in [1.82, 2.24) is 4.98 Å². The van der Waals surface area contributed by atoms with Crippen molar-refractivity contribution in [1.29, 1.82) is 0 Å². The summed E-state index contributed by atoms with van der Waals surface area (Å²) in [6.07, 6.45) is -1.17. The van der Waals surface area contributed by atoms with Crippen molar-refractivity contribution in [3.05, 3.63) is 52.6 Å². The van der Waals surface area contributed by atoms with E-state index in [1.54, 1.807) is 19.9 Å². The molecule has 0 spiro atoms. The zero-order chi connectivity index (χ0) is 19.4. The van der Waals surface area contributed by atoms with Gasteiger partial charge in [-0.1, -0.05) is 12.1 Å². The molecule has 0 radical (unpaired) electrons. The van der Waals surface area contributed by atoms with E-state index in [0.717, 1.165) is 0 Å². The lowest BCUT2D eigenvalue weighted by atomic mass is 10.1. The number of ether oxygens (including phenoxy) is 2. The number of aromatic nitrogens is 1. The third kappa shape index (κ3) is 3.90. The third-order valence-electron chi connectivity index (χ3n) is 3.82. The molecule has 0 fully saturated rings. The lowest BCUT2D eigenvalue weighted by Gasteiger charge is -2.13. The van der Waals surface area contributed by atoms with Crippen LogP contribution in [-0.4, -0.2) is 36.0 Å². The minimum atomic E-state index is -1.17.